The molecule has 2 fully saturated rings. The van der Waals surface area contributed by atoms with Crippen molar-refractivity contribution in [1.29, 1.82) is 0 Å². The number of rotatable bonds is 1. The van der Waals surface area contributed by atoms with Gasteiger partial charge in [0, 0.05) is 32.7 Å². The predicted octanol–water partition coefficient (Wildman–Crippen LogP) is 0.766. The fourth-order valence-corrected chi connectivity index (χ4v) is 2.81. The molecule has 1 atom stereocenters. The van der Waals surface area contributed by atoms with Crippen LogP contribution in [-0.4, -0.2) is 49.2 Å². The lowest BCUT2D eigenvalue weighted by Gasteiger charge is -2.45. The summed E-state index contributed by atoms with van der Waals surface area (Å²) < 4.78 is 5.99. The number of carbonyl (C=O) groups excluding carboxylic acids is 1. The van der Waals surface area contributed by atoms with Crippen LogP contribution in [0.1, 0.15) is 32.6 Å². The lowest BCUT2D eigenvalue weighted by molar-refractivity contribution is -0.129. The summed E-state index contributed by atoms with van der Waals surface area (Å²) in [7, 11) is 2.15. The van der Waals surface area contributed by atoms with E-state index in [2.05, 4.69) is 17.3 Å². The maximum atomic E-state index is 11.1. The Morgan fingerprint density at radius 2 is 2.12 bits per heavy atom. The Hall–Kier alpha value is -0.610. The highest BCUT2D eigenvalue weighted by atomic mass is 16.5. The Balaban J connectivity index is 1.92. The van der Waals surface area contributed by atoms with Crippen molar-refractivity contribution >= 4 is 5.91 Å². The van der Waals surface area contributed by atoms with Gasteiger partial charge in [-0.05, 0) is 32.7 Å². The highest BCUT2D eigenvalue weighted by molar-refractivity contribution is 5.73. The molecule has 2 aliphatic heterocycles. The fraction of sp³-hybridized carbons (Fsp3) is 0.917. The molecule has 4 nitrogen and oxygen atoms in total. The number of hydrogen-bond donors (Lipinski definition) is 1. The average Bonchev–Trinajstić information content (AvgIpc) is 2.22. The second kappa shape index (κ2) is 4.72. The molecule has 0 saturated carbocycles. The Kier molecular flexibility index (Phi) is 3.50. The third-order valence-corrected chi connectivity index (χ3v) is 3.80. The first kappa shape index (κ1) is 11.9. The number of likely N-dealkylation sites (tertiary alicyclic amines) is 1. The number of nitrogens with one attached hydrogen (secondary N) is 1. The van der Waals surface area contributed by atoms with E-state index in [4.69, 9.17) is 4.74 Å². The van der Waals surface area contributed by atoms with Gasteiger partial charge in [0.15, 0.2) is 0 Å². The molecule has 1 spiro atoms. The number of hydrogen-bond acceptors (Lipinski definition) is 3. The second-order valence-corrected chi connectivity index (χ2v) is 5.22. The van der Waals surface area contributed by atoms with Gasteiger partial charge in [-0.3, -0.25) is 4.79 Å². The molecule has 2 aliphatic rings. The van der Waals surface area contributed by atoms with E-state index in [-0.39, 0.29) is 11.5 Å². The van der Waals surface area contributed by atoms with Gasteiger partial charge in [0.2, 0.25) is 5.91 Å². The minimum atomic E-state index is 0.0396. The summed E-state index contributed by atoms with van der Waals surface area (Å²) in [6.07, 6.45) is 4.14. The van der Waals surface area contributed by atoms with E-state index in [1.165, 1.54) is 0 Å². The summed E-state index contributed by atoms with van der Waals surface area (Å²) in [4.78, 5) is 13.4. The van der Waals surface area contributed by atoms with E-state index < -0.39 is 0 Å². The molecule has 0 aromatic heterocycles. The number of carbonyl (C=O) groups is 1. The maximum absolute atomic E-state index is 11.1. The minimum Gasteiger partial charge on any atom is -0.375 e. The lowest BCUT2D eigenvalue weighted by atomic mass is 9.82. The summed E-state index contributed by atoms with van der Waals surface area (Å²) in [5, 5.41) is 3.03. The molecule has 1 amide bonds. The Morgan fingerprint density at radius 1 is 1.44 bits per heavy atom. The lowest BCUT2D eigenvalue weighted by Crippen LogP contribution is -2.52. The third kappa shape index (κ3) is 2.74. The van der Waals surface area contributed by atoms with Crippen molar-refractivity contribution in [3.8, 4) is 0 Å². The van der Waals surface area contributed by atoms with Gasteiger partial charge in [0.25, 0.3) is 0 Å². The molecule has 1 unspecified atom stereocenters. The molecule has 16 heavy (non-hydrogen) atoms. The summed E-state index contributed by atoms with van der Waals surface area (Å²) in [5.41, 5.74) is 0.0396. The van der Waals surface area contributed by atoms with Gasteiger partial charge in [-0.2, -0.15) is 0 Å². The minimum absolute atomic E-state index is 0.0396. The topological polar surface area (TPSA) is 41.6 Å². The molecule has 0 aromatic rings. The number of piperidine rings is 1. The van der Waals surface area contributed by atoms with Crippen LogP contribution in [0.4, 0.5) is 0 Å². The van der Waals surface area contributed by atoms with Gasteiger partial charge in [-0.15, -0.1) is 0 Å². The Bertz CT molecular complexity index is 260. The SMILES string of the molecule is CC(=O)NC1CCOC2(CCN(C)CC2)C1. The highest BCUT2D eigenvalue weighted by Gasteiger charge is 2.39. The molecule has 92 valence electrons. The first-order chi connectivity index (χ1) is 7.60. The van der Waals surface area contributed by atoms with E-state index in [1.54, 1.807) is 6.92 Å². The van der Waals surface area contributed by atoms with Crippen molar-refractivity contribution in [3.63, 3.8) is 0 Å². The monoisotopic (exact) mass is 226 g/mol. The number of ether oxygens (including phenoxy) is 1. The summed E-state index contributed by atoms with van der Waals surface area (Å²) in [6.45, 7) is 4.59. The standard InChI is InChI=1S/C12H22N2O2/c1-10(15)13-11-3-8-16-12(9-11)4-6-14(2)7-5-12/h11H,3-9H2,1-2H3,(H,13,15). The van der Waals surface area contributed by atoms with Crippen LogP contribution in [0.25, 0.3) is 0 Å². The third-order valence-electron chi connectivity index (χ3n) is 3.80. The van der Waals surface area contributed by atoms with Crippen LogP contribution in [-0.2, 0) is 9.53 Å². The zero-order valence-electron chi connectivity index (χ0n) is 10.3. The zero-order valence-corrected chi connectivity index (χ0v) is 10.3. The van der Waals surface area contributed by atoms with Crippen LogP contribution < -0.4 is 5.32 Å². The van der Waals surface area contributed by atoms with E-state index in [9.17, 15) is 4.79 Å². The molecule has 0 aliphatic carbocycles. The fourth-order valence-electron chi connectivity index (χ4n) is 2.81. The predicted molar refractivity (Wildman–Crippen MR) is 62.3 cm³/mol. The molecular weight excluding hydrogens is 204 g/mol. The van der Waals surface area contributed by atoms with Crippen molar-refractivity contribution in [2.24, 2.45) is 0 Å². The molecule has 0 aromatic carbocycles. The zero-order chi connectivity index (χ0) is 11.6. The summed E-state index contributed by atoms with van der Waals surface area (Å²) in [5.74, 6) is 0.0787. The van der Waals surface area contributed by atoms with Crippen molar-refractivity contribution in [2.45, 2.75) is 44.2 Å². The van der Waals surface area contributed by atoms with Crippen LogP contribution in [0, 0.1) is 0 Å². The molecule has 2 heterocycles. The summed E-state index contributed by atoms with van der Waals surface area (Å²) in [6, 6.07) is 0.314. The van der Waals surface area contributed by atoms with Crippen LogP contribution in [0.2, 0.25) is 0 Å². The first-order valence-corrected chi connectivity index (χ1v) is 6.19. The molecular formula is C12H22N2O2. The van der Waals surface area contributed by atoms with Crippen LogP contribution in [0.3, 0.4) is 0 Å². The number of amides is 1. The molecule has 2 rings (SSSR count). The largest absolute Gasteiger partial charge is 0.375 e. The van der Waals surface area contributed by atoms with Gasteiger partial charge in [0.05, 0.1) is 5.60 Å². The molecule has 0 bridgehead atoms. The van der Waals surface area contributed by atoms with Gasteiger partial charge >= 0.3 is 0 Å². The van der Waals surface area contributed by atoms with Crippen molar-refractivity contribution in [2.75, 3.05) is 26.7 Å². The number of nitrogens with zero attached hydrogens (tertiary/aromatic N) is 1. The normalized spacial score (nSPS) is 30.2. The van der Waals surface area contributed by atoms with Crippen LogP contribution in [0.15, 0.2) is 0 Å². The van der Waals surface area contributed by atoms with E-state index in [0.29, 0.717) is 6.04 Å². The quantitative estimate of drug-likeness (QED) is 0.718. The van der Waals surface area contributed by atoms with Crippen molar-refractivity contribution < 1.29 is 9.53 Å². The molecule has 1 N–H and O–H groups in total. The second-order valence-electron chi connectivity index (χ2n) is 5.22. The molecule has 4 heteroatoms. The van der Waals surface area contributed by atoms with Gasteiger partial charge in [-0.25, -0.2) is 0 Å². The van der Waals surface area contributed by atoms with Crippen molar-refractivity contribution in [1.82, 2.24) is 10.2 Å². The van der Waals surface area contributed by atoms with Crippen LogP contribution in [0.5, 0.6) is 0 Å². The smallest absolute Gasteiger partial charge is 0.217 e. The highest BCUT2D eigenvalue weighted by Crippen LogP contribution is 2.34. The summed E-state index contributed by atoms with van der Waals surface area (Å²) >= 11 is 0. The Morgan fingerprint density at radius 3 is 2.75 bits per heavy atom. The van der Waals surface area contributed by atoms with Crippen LogP contribution >= 0.6 is 0 Å². The van der Waals surface area contributed by atoms with Gasteiger partial charge in [0.1, 0.15) is 0 Å². The Labute approximate surface area is 97.3 Å². The molecule has 0 radical (unpaired) electrons. The van der Waals surface area contributed by atoms with E-state index in [0.717, 1.165) is 45.4 Å². The van der Waals surface area contributed by atoms with E-state index >= 15 is 0 Å². The molecule has 2 saturated heterocycles. The van der Waals surface area contributed by atoms with Gasteiger partial charge < -0.3 is 15.0 Å². The average molecular weight is 226 g/mol. The van der Waals surface area contributed by atoms with E-state index in [1.807, 2.05) is 0 Å². The van der Waals surface area contributed by atoms with Gasteiger partial charge in [-0.1, -0.05) is 0 Å². The van der Waals surface area contributed by atoms with Crippen molar-refractivity contribution in [3.05, 3.63) is 0 Å². The maximum Gasteiger partial charge on any atom is 0.217 e. The first-order valence-electron chi connectivity index (χ1n) is 6.19.